The van der Waals surface area contributed by atoms with Gasteiger partial charge in [-0.25, -0.2) is 4.39 Å². The van der Waals surface area contributed by atoms with Gasteiger partial charge in [0, 0.05) is 22.9 Å². The Morgan fingerprint density at radius 1 is 1.10 bits per heavy atom. The summed E-state index contributed by atoms with van der Waals surface area (Å²) in [6.45, 7) is 0. The van der Waals surface area contributed by atoms with Crippen LogP contribution in [-0.2, 0) is 17.6 Å². The van der Waals surface area contributed by atoms with Crippen LogP contribution in [0, 0.1) is 5.82 Å². The number of benzene rings is 2. The van der Waals surface area contributed by atoms with Gasteiger partial charge in [0.1, 0.15) is 11.6 Å². The molecule has 0 saturated carbocycles. The number of ketones is 1. The number of carbonyl (C=O) groups is 1. The van der Waals surface area contributed by atoms with E-state index in [1.54, 1.807) is 30.3 Å². The summed E-state index contributed by atoms with van der Waals surface area (Å²) in [6, 6.07) is 9.65. The van der Waals surface area contributed by atoms with Crippen LogP contribution in [0.5, 0.6) is 0 Å². The number of Topliss-reactive ketones (excluding diaryl/α,β-unsaturated/α-hetero) is 1. The maximum atomic E-state index is 13.1. The van der Waals surface area contributed by atoms with E-state index in [0.29, 0.717) is 20.1 Å². The number of rotatable bonds is 4. The van der Waals surface area contributed by atoms with Crippen molar-refractivity contribution >= 4 is 44.9 Å². The van der Waals surface area contributed by atoms with Crippen molar-refractivity contribution in [1.82, 2.24) is 0 Å². The smallest absolute Gasteiger partial charge is 0.141 e. The Labute approximate surface area is 134 Å². The van der Waals surface area contributed by atoms with Crippen LogP contribution >= 0.6 is 39.1 Å². The van der Waals surface area contributed by atoms with Gasteiger partial charge in [-0.15, -0.1) is 0 Å². The predicted octanol–water partition coefficient (Wildman–Crippen LogP) is 5.25. The molecule has 104 valence electrons. The second-order valence-corrected chi connectivity index (χ2v) is 6.01. The Hall–Kier alpha value is -0.900. The Balaban J connectivity index is 2.11. The average Bonchev–Trinajstić information content (AvgIpc) is 2.38. The summed E-state index contributed by atoms with van der Waals surface area (Å²) in [5, 5.41) is 0.956. The second-order valence-electron chi connectivity index (χ2n) is 4.34. The summed E-state index contributed by atoms with van der Waals surface area (Å²) in [6.07, 6.45) is 0.369. The average molecular weight is 376 g/mol. The third-order valence-electron chi connectivity index (χ3n) is 2.82. The standard InChI is InChI=1S/C15H10BrCl2FO/c16-12-7-9(4-5-15(12)19)6-10(20)8-11-13(17)2-1-3-14(11)18/h1-5,7H,6,8H2. The van der Waals surface area contributed by atoms with E-state index in [2.05, 4.69) is 15.9 Å². The molecule has 20 heavy (non-hydrogen) atoms. The van der Waals surface area contributed by atoms with Crippen LogP contribution in [0.1, 0.15) is 11.1 Å². The van der Waals surface area contributed by atoms with Crippen LogP contribution in [0.4, 0.5) is 4.39 Å². The van der Waals surface area contributed by atoms with E-state index >= 15 is 0 Å². The van der Waals surface area contributed by atoms with E-state index in [0.717, 1.165) is 5.56 Å². The van der Waals surface area contributed by atoms with Gasteiger partial charge in [-0.2, -0.15) is 0 Å². The molecule has 1 nitrogen and oxygen atoms in total. The van der Waals surface area contributed by atoms with E-state index in [9.17, 15) is 9.18 Å². The fourth-order valence-corrected chi connectivity index (χ4v) is 2.80. The molecule has 0 unspecified atom stereocenters. The summed E-state index contributed by atoms with van der Waals surface area (Å²) < 4.78 is 13.5. The van der Waals surface area contributed by atoms with Crippen molar-refractivity contribution in [2.75, 3.05) is 0 Å². The van der Waals surface area contributed by atoms with Crippen LogP contribution in [0.3, 0.4) is 0 Å². The zero-order chi connectivity index (χ0) is 14.7. The molecule has 0 heterocycles. The summed E-state index contributed by atoms with van der Waals surface area (Å²) in [5.41, 5.74) is 1.37. The molecule has 2 aromatic carbocycles. The first-order valence-corrected chi connectivity index (χ1v) is 7.41. The Morgan fingerprint density at radius 2 is 1.75 bits per heavy atom. The third kappa shape index (κ3) is 3.81. The molecular formula is C15H10BrCl2FO. The van der Waals surface area contributed by atoms with Gasteiger partial charge in [-0.1, -0.05) is 35.3 Å². The molecule has 0 N–H and O–H groups in total. The van der Waals surface area contributed by atoms with Gasteiger partial charge < -0.3 is 0 Å². The fourth-order valence-electron chi connectivity index (χ4n) is 1.84. The predicted molar refractivity (Wildman–Crippen MR) is 83.0 cm³/mol. The lowest BCUT2D eigenvalue weighted by molar-refractivity contribution is -0.117. The molecule has 0 radical (unpaired) electrons. The van der Waals surface area contributed by atoms with Gasteiger partial charge in [0.25, 0.3) is 0 Å². The monoisotopic (exact) mass is 374 g/mol. The number of hydrogen-bond acceptors (Lipinski definition) is 1. The molecule has 0 bridgehead atoms. The highest BCUT2D eigenvalue weighted by Crippen LogP contribution is 2.25. The molecule has 0 spiro atoms. The summed E-state index contributed by atoms with van der Waals surface area (Å²) in [7, 11) is 0. The first-order valence-electron chi connectivity index (χ1n) is 5.86. The van der Waals surface area contributed by atoms with E-state index in [1.807, 2.05) is 0 Å². The first kappa shape index (κ1) is 15.5. The SMILES string of the molecule is O=C(Cc1ccc(F)c(Br)c1)Cc1c(Cl)cccc1Cl. The molecule has 2 rings (SSSR count). The highest BCUT2D eigenvalue weighted by atomic mass is 79.9. The van der Waals surface area contributed by atoms with Gasteiger partial charge in [0.05, 0.1) is 4.47 Å². The second kappa shape index (κ2) is 6.70. The number of hydrogen-bond donors (Lipinski definition) is 0. The van der Waals surface area contributed by atoms with Crippen molar-refractivity contribution in [1.29, 1.82) is 0 Å². The van der Waals surface area contributed by atoms with Gasteiger partial charge in [-0.05, 0) is 51.3 Å². The maximum Gasteiger partial charge on any atom is 0.141 e. The summed E-state index contributed by atoms with van der Waals surface area (Å²) in [4.78, 5) is 12.1. The maximum absolute atomic E-state index is 13.1. The molecule has 0 atom stereocenters. The van der Waals surface area contributed by atoms with E-state index in [4.69, 9.17) is 23.2 Å². The molecule has 5 heteroatoms. The zero-order valence-corrected chi connectivity index (χ0v) is 13.4. The first-order chi connectivity index (χ1) is 9.47. The molecule has 0 amide bonds. The highest BCUT2D eigenvalue weighted by molar-refractivity contribution is 9.10. The topological polar surface area (TPSA) is 17.1 Å². The largest absolute Gasteiger partial charge is 0.299 e. The number of carbonyl (C=O) groups excluding carboxylic acids is 1. The van der Waals surface area contributed by atoms with Crippen LogP contribution in [0.25, 0.3) is 0 Å². The van der Waals surface area contributed by atoms with Crippen LogP contribution < -0.4 is 0 Å². The zero-order valence-electron chi connectivity index (χ0n) is 10.3. The molecule has 0 aliphatic rings. The minimum absolute atomic E-state index is 0.0292. The normalized spacial score (nSPS) is 10.6. The van der Waals surface area contributed by atoms with Gasteiger partial charge in [0.15, 0.2) is 0 Å². The highest BCUT2D eigenvalue weighted by Gasteiger charge is 2.12. The Morgan fingerprint density at radius 3 is 2.35 bits per heavy atom. The van der Waals surface area contributed by atoms with Crippen molar-refractivity contribution in [2.45, 2.75) is 12.8 Å². The van der Waals surface area contributed by atoms with E-state index in [1.165, 1.54) is 6.07 Å². The van der Waals surface area contributed by atoms with Crippen molar-refractivity contribution in [2.24, 2.45) is 0 Å². The third-order valence-corrected chi connectivity index (χ3v) is 4.14. The van der Waals surface area contributed by atoms with Gasteiger partial charge >= 0.3 is 0 Å². The minimum Gasteiger partial charge on any atom is -0.299 e. The molecule has 0 aromatic heterocycles. The van der Waals surface area contributed by atoms with Gasteiger partial charge in [-0.3, -0.25) is 4.79 Å². The van der Waals surface area contributed by atoms with Crippen molar-refractivity contribution in [3.05, 3.63) is 67.9 Å². The molecular weight excluding hydrogens is 366 g/mol. The summed E-state index contributed by atoms with van der Waals surface area (Å²) in [5.74, 6) is -0.381. The molecule has 0 aliphatic heterocycles. The van der Waals surface area contributed by atoms with E-state index < -0.39 is 0 Å². The van der Waals surface area contributed by atoms with Crippen molar-refractivity contribution < 1.29 is 9.18 Å². The lowest BCUT2D eigenvalue weighted by Gasteiger charge is -2.07. The summed E-state index contributed by atoms with van der Waals surface area (Å²) >= 11 is 15.2. The molecule has 0 aliphatic carbocycles. The Bertz CT molecular complexity index is 638. The van der Waals surface area contributed by atoms with Crippen LogP contribution in [-0.4, -0.2) is 5.78 Å². The molecule has 0 fully saturated rings. The van der Waals surface area contributed by atoms with E-state index in [-0.39, 0.29) is 24.4 Å². The lowest BCUT2D eigenvalue weighted by Crippen LogP contribution is -2.07. The molecule has 0 saturated heterocycles. The van der Waals surface area contributed by atoms with Crippen molar-refractivity contribution in [3.63, 3.8) is 0 Å². The van der Waals surface area contributed by atoms with Crippen LogP contribution in [0.2, 0.25) is 10.0 Å². The quantitative estimate of drug-likeness (QED) is 0.713. The molecule has 2 aromatic rings. The Kier molecular flexibility index (Phi) is 5.19. The van der Waals surface area contributed by atoms with Crippen LogP contribution in [0.15, 0.2) is 40.9 Å². The minimum atomic E-state index is -0.352. The number of halogens is 4. The fraction of sp³-hybridized carbons (Fsp3) is 0.133. The van der Waals surface area contributed by atoms with Crippen molar-refractivity contribution in [3.8, 4) is 0 Å². The lowest BCUT2D eigenvalue weighted by atomic mass is 10.0. The van der Waals surface area contributed by atoms with Gasteiger partial charge in [0.2, 0.25) is 0 Å².